The molecule has 0 fully saturated rings. The van der Waals surface area contributed by atoms with Crippen LogP contribution in [0.5, 0.6) is 5.88 Å². The highest BCUT2D eigenvalue weighted by atomic mass is 19.1. The molecular formula is C17H14FN3O4. The third-order valence-electron chi connectivity index (χ3n) is 3.84. The molecule has 2 N–H and O–H groups in total. The molecule has 7 nitrogen and oxygen atoms in total. The van der Waals surface area contributed by atoms with E-state index in [0.717, 1.165) is 10.5 Å². The van der Waals surface area contributed by atoms with Crippen LogP contribution in [-0.4, -0.2) is 33.6 Å². The van der Waals surface area contributed by atoms with E-state index >= 15 is 0 Å². The molecule has 3 rings (SSSR count). The minimum Gasteiger partial charge on any atom is -0.473 e. The topological polar surface area (TPSA) is 103 Å². The van der Waals surface area contributed by atoms with Gasteiger partial charge in [-0.2, -0.15) is 0 Å². The predicted molar refractivity (Wildman–Crippen MR) is 84.1 cm³/mol. The summed E-state index contributed by atoms with van der Waals surface area (Å²) in [5.74, 6) is -2.32. The van der Waals surface area contributed by atoms with Gasteiger partial charge >= 0.3 is 0 Å². The summed E-state index contributed by atoms with van der Waals surface area (Å²) in [6, 6.07) is 7.53. The number of hydrogen-bond acceptors (Lipinski definition) is 5. The molecule has 1 aliphatic heterocycles. The number of aromatic nitrogens is 1. The Balaban J connectivity index is 1.79. The van der Waals surface area contributed by atoms with Gasteiger partial charge in [-0.1, -0.05) is 12.1 Å². The number of imide groups is 1. The molecule has 2 aromatic rings. The summed E-state index contributed by atoms with van der Waals surface area (Å²) in [6.07, 6.45) is 0. The fourth-order valence-electron chi connectivity index (χ4n) is 2.41. The van der Waals surface area contributed by atoms with Crippen LogP contribution >= 0.6 is 0 Å². The van der Waals surface area contributed by atoms with Crippen LogP contribution < -0.4 is 10.5 Å². The van der Waals surface area contributed by atoms with Gasteiger partial charge in [0.25, 0.3) is 11.8 Å². The van der Waals surface area contributed by atoms with Crippen molar-refractivity contribution in [3.05, 3.63) is 59.0 Å². The van der Waals surface area contributed by atoms with Crippen molar-refractivity contribution >= 4 is 17.7 Å². The van der Waals surface area contributed by atoms with Crippen LogP contribution in [0.3, 0.4) is 0 Å². The fourth-order valence-corrected chi connectivity index (χ4v) is 2.41. The number of fused-ring (bicyclic) bond motifs is 1. The molecule has 0 radical (unpaired) electrons. The number of amides is 3. The van der Waals surface area contributed by atoms with Crippen LogP contribution in [0.15, 0.2) is 36.4 Å². The average molecular weight is 343 g/mol. The van der Waals surface area contributed by atoms with Gasteiger partial charge in [-0.05, 0) is 30.7 Å². The lowest BCUT2D eigenvalue weighted by atomic mass is 10.2. The number of carbonyl (C=O) groups excluding carboxylic acids is 3. The summed E-state index contributed by atoms with van der Waals surface area (Å²) >= 11 is 0. The van der Waals surface area contributed by atoms with E-state index in [2.05, 4.69) is 4.98 Å². The van der Waals surface area contributed by atoms with Crippen LogP contribution in [-0.2, 0) is 11.4 Å². The first-order valence-electron chi connectivity index (χ1n) is 7.44. The monoisotopic (exact) mass is 343 g/mol. The van der Waals surface area contributed by atoms with Gasteiger partial charge < -0.3 is 10.5 Å². The van der Waals surface area contributed by atoms with E-state index in [-0.39, 0.29) is 29.6 Å². The lowest BCUT2D eigenvalue weighted by Gasteiger charge is -2.18. The highest BCUT2D eigenvalue weighted by molar-refractivity contribution is 6.21. The quantitative estimate of drug-likeness (QED) is 0.824. The van der Waals surface area contributed by atoms with Crippen LogP contribution in [0.25, 0.3) is 0 Å². The molecule has 3 amide bonds. The van der Waals surface area contributed by atoms with Gasteiger partial charge in [0.2, 0.25) is 11.8 Å². The molecule has 0 saturated carbocycles. The number of carbonyl (C=O) groups is 3. The van der Waals surface area contributed by atoms with Crippen LogP contribution in [0, 0.1) is 5.82 Å². The average Bonchev–Trinajstić information content (AvgIpc) is 2.84. The van der Waals surface area contributed by atoms with E-state index in [4.69, 9.17) is 10.5 Å². The molecule has 0 spiro atoms. The lowest BCUT2D eigenvalue weighted by molar-refractivity contribution is -0.121. The van der Waals surface area contributed by atoms with Crippen molar-refractivity contribution in [3.8, 4) is 5.88 Å². The molecule has 1 unspecified atom stereocenters. The number of nitrogens with two attached hydrogens (primary N) is 1. The van der Waals surface area contributed by atoms with Gasteiger partial charge in [0.1, 0.15) is 24.2 Å². The first-order valence-corrected chi connectivity index (χ1v) is 7.44. The second-order valence-electron chi connectivity index (χ2n) is 5.52. The standard InChI is InChI=1S/C17H14FN3O4/c1-9(15(19)22)21-16(23)12-6-7-13(20-14(12)17(21)24)25-8-10-2-4-11(18)5-3-10/h2-7,9H,8H2,1H3,(H2,19,22). The van der Waals surface area contributed by atoms with Crippen molar-refractivity contribution in [2.45, 2.75) is 19.6 Å². The van der Waals surface area contributed by atoms with Crippen molar-refractivity contribution in [2.24, 2.45) is 5.73 Å². The maximum absolute atomic E-state index is 12.9. The maximum atomic E-state index is 12.9. The fraction of sp³-hybridized carbons (Fsp3) is 0.176. The number of hydrogen-bond donors (Lipinski definition) is 1. The summed E-state index contributed by atoms with van der Waals surface area (Å²) in [6.45, 7) is 1.49. The van der Waals surface area contributed by atoms with Crippen LogP contribution in [0.1, 0.15) is 33.3 Å². The minimum absolute atomic E-state index is 0.0882. The lowest BCUT2D eigenvalue weighted by Crippen LogP contribution is -2.45. The van der Waals surface area contributed by atoms with Gasteiger partial charge in [0.05, 0.1) is 5.56 Å². The second kappa shape index (κ2) is 6.31. The molecule has 128 valence electrons. The Kier molecular flexibility index (Phi) is 4.18. The van der Waals surface area contributed by atoms with Gasteiger partial charge in [-0.3, -0.25) is 19.3 Å². The molecular weight excluding hydrogens is 329 g/mol. The third-order valence-corrected chi connectivity index (χ3v) is 3.84. The Labute approximate surface area is 142 Å². The van der Waals surface area contributed by atoms with Crippen LogP contribution in [0.2, 0.25) is 0 Å². The molecule has 1 atom stereocenters. The van der Waals surface area contributed by atoms with Gasteiger partial charge in [-0.15, -0.1) is 0 Å². The number of nitrogens with zero attached hydrogens (tertiary/aromatic N) is 2. The minimum atomic E-state index is -1.07. The van der Waals surface area contributed by atoms with Gasteiger partial charge in [0.15, 0.2) is 0 Å². The molecule has 8 heteroatoms. The zero-order valence-corrected chi connectivity index (χ0v) is 13.2. The van der Waals surface area contributed by atoms with Gasteiger partial charge in [-0.25, -0.2) is 9.37 Å². The number of primary amides is 1. The first-order chi connectivity index (χ1) is 11.9. The van der Waals surface area contributed by atoms with Crippen molar-refractivity contribution in [2.75, 3.05) is 0 Å². The summed E-state index contributed by atoms with van der Waals surface area (Å²) in [4.78, 5) is 40.7. The summed E-state index contributed by atoms with van der Waals surface area (Å²) in [5, 5.41) is 0. The van der Waals surface area contributed by atoms with E-state index in [1.54, 1.807) is 12.1 Å². The van der Waals surface area contributed by atoms with Crippen molar-refractivity contribution < 1.29 is 23.5 Å². The molecule has 1 aliphatic rings. The normalized spacial score (nSPS) is 14.4. The van der Waals surface area contributed by atoms with E-state index in [1.165, 1.54) is 31.2 Å². The number of rotatable bonds is 5. The van der Waals surface area contributed by atoms with Crippen molar-refractivity contribution in [1.29, 1.82) is 0 Å². The predicted octanol–water partition coefficient (Wildman–Crippen LogP) is 1.27. The summed E-state index contributed by atoms with van der Waals surface area (Å²) in [7, 11) is 0. The molecule has 0 aliphatic carbocycles. The van der Waals surface area contributed by atoms with E-state index in [9.17, 15) is 18.8 Å². The van der Waals surface area contributed by atoms with E-state index in [1.807, 2.05) is 0 Å². The highest BCUT2D eigenvalue weighted by Crippen LogP contribution is 2.25. The molecule has 0 bridgehead atoms. The number of ether oxygens (including phenoxy) is 1. The molecule has 25 heavy (non-hydrogen) atoms. The zero-order chi connectivity index (χ0) is 18.1. The Morgan fingerprint density at radius 3 is 2.52 bits per heavy atom. The number of halogens is 1. The Morgan fingerprint density at radius 2 is 1.88 bits per heavy atom. The summed E-state index contributed by atoms with van der Waals surface area (Å²) in [5.41, 5.74) is 5.89. The SMILES string of the molecule is CC(C(N)=O)N1C(=O)c2ccc(OCc3ccc(F)cc3)nc2C1=O. The van der Waals surface area contributed by atoms with Gasteiger partial charge in [0, 0.05) is 6.07 Å². The first kappa shape index (κ1) is 16.6. The Bertz CT molecular complexity index is 867. The molecule has 1 aromatic carbocycles. The number of benzene rings is 1. The molecule has 1 aromatic heterocycles. The largest absolute Gasteiger partial charge is 0.473 e. The van der Waals surface area contributed by atoms with Crippen molar-refractivity contribution in [1.82, 2.24) is 9.88 Å². The maximum Gasteiger partial charge on any atom is 0.281 e. The number of pyridine rings is 1. The third kappa shape index (κ3) is 3.06. The van der Waals surface area contributed by atoms with E-state index < -0.39 is 23.8 Å². The van der Waals surface area contributed by atoms with Crippen LogP contribution in [0.4, 0.5) is 4.39 Å². The smallest absolute Gasteiger partial charge is 0.281 e. The Hall–Kier alpha value is -3.29. The second-order valence-corrected chi connectivity index (χ2v) is 5.52. The zero-order valence-electron chi connectivity index (χ0n) is 13.2. The molecule has 0 saturated heterocycles. The van der Waals surface area contributed by atoms with Crippen molar-refractivity contribution in [3.63, 3.8) is 0 Å². The van der Waals surface area contributed by atoms with E-state index in [0.29, 0.717) is 0 Å². The summed E-state index contributed by atoms with van der Waals surface area (Å²) < 4.78 is 18.4. The Morgan fingerprint density at radius 1 is 1.20 bits per heavy atom. The highest BCUT2D eigenvalue weighted by Gasteiger charge is 2.41. The molecule has 2 heterocycles.